The van der Waals surface area contributed by atoms with Crippen molar-refractivity contribution in [1.82, 2.24) is 9.88 Å². The highest BCUT2D eigenvalue weighted by Crippen LogP contribution is 2.32. The Labute approximate surface area is 195 Å². The van der Waals surface area contributed by atoms with Gasteiger partial charge in [-0.25, -0.2) is 4.98 Å². The molecule has 0 fully saturated rings. The Bertz CT molecular complexity index is 1160. The fourth-order valence-corrected chi connectivity index (χ4v) is 5.12. The maximum absolute atomic E-state index is 12.2. The van der Waals surface area contributed by atoms with Crippen LogP contribution in [-0.2, 0) is 4.79 Å². The predicted octanol–water partition coefficient (Wildman–Crippen LogP) is 4.98. The molecule has 0 N–H and O–H groups in total. The second-order valence-corrected chi connectivity index (χ2v) is 9.40. The molecular weight excluding hydrogens is 446 g/mol. The van der Waals surface area contributed by atoms with Gasteiger partial charge >= 0.3 is 0 Å². The van der Waals surface area contributed by atoms with Crippen molar-refractivity contribution in [1.29, 1.82) is 0 Å². The van der Waals surface area contributed by atoms with Gasteiger partial charge in [0.25, 0.3) is 5.69 Å². The van der Waals surface area contributed by atoms with Gasteiger partial charge in [-0.1, -0.05) is 17.8 Å². The lowest BCUT2D eigenvalue weighted by atomic mass is 10.1. The molecule has 0 aliphatic heterocycles. The summed E-state index contributed by atoms with van der Waals surface area (Å²) in [6.45, 7) is 5.36. The number of benzene rings is 2. The van der Waals surface area contributed by atoms with Crippen molar-refractivity contribution in [3.63, 3.8) is 0 Å². The fraction of sp³-hybridized carbons (Fsp3) is 0.318. The zero-order valence-corrected chi connectivity index (χ0v) is 20.1. The molecule has 0 saturated carbocycles. The molecule has 3 rings (SSSR count). The Morgan fingerprint density at radius 1 is 1.22 bits per heavy atom. The third kappa shape index (κ3) is 5.63. The van der Waals surface area contributed by atoms with E-state index in [1.807, 2.05) is 36.9 Å². The Morgan fingerprint density at radius 3 is 2.62 bits per heavy atom. The van der Waals surface area contributed by atoms with Gasteiger partial charge in [0, 0.05) is 39.5 Å². The summed E-state index contributed by atoms with van der Waals surface area (Å²) in [7, 11) is 3.54. The number of thiazole rings is 1. The van der Waals surface area contributed by atoms with Crippen molar-refractivity contribution in [2.75, 3.05) is 37.8 Å². The minimum absolute atomic E-state index is 0.0396. The van der Waals surface area contributed by atoms with Crippen molar-refractivity contribution in [3.8, 4) is 0 Å². The first kappa shape index (κ1) is 23.7. The number of carbonyl (C=O) groups excluding carboxylic acids is 1. The molecule has 0 aliphatic carbocycles. The van der Waals surface area contributed by atoms with E-state index in [0.29, 0.717) is 30.1 Å². The SMILES string of the molecule is CCN(CC)C(=O)CSc1nc2ccc(N=Cc3ccc(N(C)C)c([N+](=O)[O-])c3)cc2s1. The average Bonchev–Trinajstić information content (AvgIpc) is 3.19. The van der Waals surface area contributed by atoms with Crippen LogP contribution in [0.5, 0.6) is 0 Å². The van der Waals surface area contributed by atoms with E-state index in [2.05, 4.69) is 9.98 Å². The van der Waals surface area contributed by atoms with Crippen LogP contribution >= 0.6 is 23.1 Å². The molecule has 8 nitrogen and oxygen atoms in total. The zero-order chi connectivity index (χ0) is 23.3. The smallest absolute Gasteiger partial charge is 0.293 e. The number of hydrogen-bond donors (Lipinski definition) is 0. The maximum Gasteiger partial charge on any atom is 0.293 e. The highest BCUT2D eigenvalue weighted by atomic mass is 32.2. The van der Waals surface area contributed by atoms with Crippen molar-refractivity contribution in [2.24, 2.45) is 4.99 Å². The molecule has 3 aromatic rings. The first-order valence-electron chi connectivity index (χ1n) is 10.1. The first-order chi connectivity index (χ1) is 15.3. The summed E-state index contributed by atoms with van der Waals surface area (Å²) in [5.74, 6) is 0.479. The van der Waals surface area contributed by atoms with Gasteiger partial charge in [0.15, 0.2) is 4.34 Å². The Morgan fingerprint density at radius 2 is 1.97 bits per heavy atom. The number of amides is 1. The van der Waals surface area contributed by atoms with Crippen LogP contribution in [0.2, 0.25) is 0 Å². The fourth-order valence-electron chi connectivity index (χ4n) is 3.12. The second-order valence-electron chi connectivity index (χ2n) is 7.14. The summed E-state index contributed by atoms with van der Waals surface area (Å²) in [5, 5.41) is 11.4. The van der Waals surface area contributed by atoms with E-state index in [1.165, 1.54) is 29.2 Å². The minimum atomic E-state index is -0.389. The number of thioether (sulfide) groups is 1. The lowest BCUT2D eigenvalue weighted by Gasteiger charge is -2.17. The number of fused-ring (bicyclic) bond motifs is 1. The van der Waals surface area contributed by atoms with E-state index in [4.69, 9.17) is 0 Å². The number of aliphatic imine (C=N–C) groups is 1. The Balaban J connectivity index is 1.75. The molecule has 1 aromatic heterocycles. The zero-order valence-electron chi connectivity index (χ0n) is 18.4. The van der Waals surface area contributed by atoms with Crippen molar-refractivity contribution in [3.05, 3.63) is 52.1 Å². The molecule has 10 heteroatoms. The van der Waals surface area contributed by atoms with Crippen LogP contribution in [0.25, 0.3) is 10.2 Å². The maximum atomic E-state index is 12.2. The molecule has 2 aromatic carbocycles. The number of anilines is 1. The molecule has 0 saturated heterocycles. The standard InChI is InChI=1S/C22H25N5O3S2/c1-5-26(6-2)21(28)14-31-22-24-17-9-8-16(12-20(17)32-22)23-13-15-7-10-18(25(3)4)19(11-15)27(29)30/h7-13H,5-6,14H2,1-4H3. The van der Waals surface area contributed by atoms with Gasteiger partial charge in [0.05, 0.1) is 26.6 Å². The summed E-state index contributed by atoms with van der Waals surface area (Å²) < 4.78 is 1.82. The lowest BCUT2D eigenvalue weighted by molar-refractivity contribution is -0.384. The van der Waals surface area contributed by atoms with Gasteiger partial charge in [-0.2, -0.15) is 0 Å². The van der Waals surface area contributed by atoms with Crippen LogP contribution in [-0.4, -0.2) is 59.9 Å². The van der Waals surface area contributed by atoms with Gasteiger partial charge in [-0.3, -0.25) is 19.9 Å². The van der Waals surface area contributed by atoms with Crippen LogP contribution in [0.4, 0.5) is 17.1 Å². The van der Waals surface area contributed by atoms with Gasteiger partial charge in [-0.15, -0.1) is 11.3 Å². The number of nitro benzene ring substituents is 1. The largest absolute Gasteiger partial charge is 0.372 e. The van der Waals surface area contributed by atoms with Crippen LogP contribution in [0.1, 0.15) is 19.4 Å². The van der Waals surface area contributed by atoms with Crippen molar-refractivity contribution >= 4 is 62.5 Å². The number of aromatic nitrogens is 1. The topological polar surface area (TPSA) is 91.9 Å². The first-order valence-corrected chi connectivity index (χ1v) is 11.9. The highest BCUT2D eigenvalue weighted by molar-refractivity contribution is 8.01. The van der Waals surface area contributed by atoms with E-state index in [9.17, 15) is 14.9 Å². The molecule has 0 unspecified atom stereocenters. The van der Waals surface area contributed by atoms with Crippen LogP contribution < -0.4 is 4.90 Å². The molecular formula is C22H25N5O3S2. The third-order valence-corrected chi connectivity index (χ3v) is 6.97. The Hall–Kier alpha value is -2.98. The summed E-state index contributed by atoms with van der Waals surface area (Å²) in [5.41, 5.74) is 2.83. The molecule has 1 amide bonds. The molecule has 0 atom stereocenters. The number of nitro groups is 1. The normalized spacial score (nSPS) is 11.2. The molecule has 0 bridgehead atoms. The molecule has 0 spiro atoms. The van der Waals surface area contributed by atoms with E-state index < -0.39 is 0 Å². The van der Waals surface area contributed by atoms with Crippen LogP contribution in [0.15, 0.2) is 45.7 Å². The van der Waals surface area contributed by atoms with E-state index in [1.54, 1.807) is 37.3 Å². The van der Waals surface area contributed by atoms with E-state index in [-0.39, 0.29) is 16.5 Å². The average molecular weight is 472 g/mol. The highest BCUT2D eigenvalue weighted by Gasteiger charge is 2.16. The quantitative estimate of drug-likeness (QED) is 0.189. The van der Waals surface area contributed by atoms with Crippen LogP contribution in [0.3, 0.4) is 0 Å². The van der Waals surface area contributed by atoms with Gasteiger partial charge in [-0.05, 0) is 43.7 Å². The molecule has 32 heavy (non-hydrogen) atoms. The van der Waals surface area contributed by atoms with Crippen molar-refractivity contribution < 1.29 is 9.72 Å². The summed E-state index contributed by atoms with van der Waals surface area (Å²) in [4.78, 5) is 35.8. The van der Waals surface area contributed by atoms with E-state index in [0.717, 1.165) is 20.2 Å². The predicted molar refractivity (Wildman–Crippen MR) is 133 cm³/mol. The monoisotopic (exact) mass is 471 g/mol. The summed E-state index contributed by atoms with van der Waals surface area (Å²) in [6.07, 6.45) is 1.62. The number of nitrogens with zero attached hydrogens (tertiary/aromatic N) is 5. The molecule has 0 aliphatic rings. The number of rotatable bonds is 9. The molecule has 0 radical (unpaired) electrons. The van der Waals surface area contributed by atoms with Gasteiger partial charge in [0.1, 0.15) is 5.69 Å². The number of hydrogen-bond acceptors (Lipinski definition) is 8. The van der Waals surface area contributed by atoms with Gasteiger partial charge < -0.3 is 9.80 Å². The Kier molecular flexibility index (Phi) is 7.81. The summed E-state index contributed by atoms with van der Waals surface area (Å²) in [6, 6.07) is 10.7. The number of carbonyl (C=O) groups is 1. The van der Waals surface area contributed by atoms with Crippen LogP contribution in [0, 0.1) is 10.1 Å². The molecule has 1 heterocycles. The van der Waals surface area contributed by atoms with Crippen molar-refractivity contribution in [2.45, 2.75) is 18.2 Å². The third-order valence-electron chi connectivity index (χ3n) is 4.83. The molecule has 168 valence electrons. The minimum Gasteiger partial charge on any atom is -0.372 e. The summed E-state index contributed by atoms with van der Waals surface area (Å²) >= 11 is 2.97. The second kappa shape index (κ2) is 10.6. The van der Waals surface area contributed by atoms with E-state index >= 15 is 0 Å². The van der Waals surface area contributed by atoms with Gasteiger partial charge in [0.2, 0.25) is 5.91 Å². The lowest BCUT2D eigenvalue weighted by Crippen LogP contribution is -2.31.